The molecule has 0 spiro atoms. The molecule has 1 atom stereocenters. The smallest absolute Gasteiger partial charge is 0.143 e. The van der Waals surface area contributed by atoms with Crippen LogP contribution in [0.5, 0.6) is 0 Å². The summed E-state index contributed by atoms with van der Waals surface area (Å²) in [6.07, 6.45) is 4.91. The van der Waals surface area contributed by atoms with Crippen molar-refractivity contribution in [1.29, 1.82) is 0 Å². The van der Waals surface area contributed by atoms with Crippen LogP contribution in [0.15, 0.2) is 23.9 Å². The first-order chi connectivity index (χ1) is 4.79. The first kappa shape index (κ1) is 9.24. The van der Waals surface area contributed by atoms with E-state index in [-0.39, 0.29) is 0 Å². The van der Waals surface area contributed by atoms with Gasteiger partial charge in [0.1, 0.15) is 6.23 Å². The van der Waals surface area contributed by atoms with Crippen LogP contribution in [0.2, 0.25) is 0 Å². The fourth-order valence-corrected chi connectivity index (χ4v) is 0.631. The summed E-state index contributed by atoms with van der Waals surface area (Å²) < 4.78 is 0. The molecule has 0 saturated heterocycles. The molecule has 0 aromatic rings. The fourth-order valence-electron chi connectivity index (χ4n) is 0.631. The molecule has 58 valence electrons. The number of hydrogen-bond acceptors (Lipinski definition) is 2. The predicted molar refractivity (Wildman–Crippen MR) is 43.4 cm³/mol. The Bertz CT molecular complexity index is 138. The van der Waals surface area contributed by atoms with Gasteiger partial charge in [0.15, 0.2) is 0 Å². The Morgan fingerprint density at radius 2 is 2.10 bits per heavy atom. The zero-order valence-corrected chi connectivity index (χ0v) is 6.76. The third kappa shape index (κ3) is 3.30. The Morgan fingerprint density at radius 1 is 1.50 bits per heavy atom. The lowest BCUT2D eigenvalue weighted by Gasteiger charge is -2.09. The van der Waals surface area contributed by atoms with Crippen molar-refractivity contribution in [2.24, 2.45) is 0 Å². The van der Waals surface area contributed by atoms with Gasteiger partial charge in [-0.3, -0.25) is 0 Å². The zero-order chi connectivity index (χ0) is 7.98. The second kappa shape index (κ2) is 5.06. The van der Waals surface area contributed by atoms with Crippen molar-refractivity contribution in [1.82, 2.24) is 5.32 Å². The van der Waals surface area contributed by atoms with E-state index in [4.69, 9.17) is 5.11 Å². The topological polar surface area (TPSA) is 32.3 Å². The standard InChI is InChI=1S/C6H9NO.C2H6/c1-5-2-3-7-6(8)4-5;1-2/h2-4,6-8H,1H3;1-2H3. The normalized spacial score (nSPS) is 22.0. The van der Waals surface area contributed by atoms with E-state index in [1.807, 2.05) is 26.8 Å². The van der Waals surface area contributed by atoms with Gasteiger partial charge in [0.2, 0.25) is 0 Å². The maximum absolute atomic E-state index is 8.84. The van der Waals surface area contributed by atoms with Crippen LogP contribution >= 0.6 is 0 Å². The Morgan fingerprint density at radius 3 is 2.40 bits per heavy atom. The van der Waals surface area contributed by atoms with E-state index < -0.39 is 6.23 Å². The molecule has 0 amide bonds. The molecule has 10 heavy (non-hydrogen) atoms. The van der Waals surface area contributed by atoms with Gasteiger partial charge in [-0.2, -0.15) is 0 Å². The summed E-state index contributed by atoms with van der Waals surface area (Å²) >= 11 is 0. The molecule has 0 fully saturated rings. The molecule has 0 aromatic carbocycles. The number of nitrogens with one attached hydrogen (secondary N) is 1. The predicted octanol–water partition coefficient (Wildman–Crippen LogP) is 1.39. The number of aliphatic hydroxyl groups is 1. The molecule has 0 aromatic heterocycles. The second-order valence-corrected chi connectivity index (χ2v) is 1.86. The molecule has 0 saturated carbocycles. The molecule has 0 radical (unpaired) electrons. The quantitative estimate of drug-likeness (QED) is 0.534. The molecule has 1 aliphatic heterocycles. The van der Waals surface area contributed by atoms with Crippen molar-refractivity contribution in [3.63, 3.8) is 0 Å². The van der Waals surface area contributed by atoms with Crippen LogP contribution in [-0.4, -0.2) is 11.3 Å². The average molecular weight is 141 g/mol. The highest BCUT2D eigenvalue weighted by molar-refractivity contribution is 5.20. The summed E-state index contributed by atoms with van der Waals surface area (Å²) in [5, 5.41) is 11.6. The lowest BCUT2D eigenvalue weighted by atomic mass is 10.2. The van der Waals surface area contributed by atoms with Crippen molar-refractivity contribution >= 4 is 0 Å². The summed E-state index contributed by atoms with van der Waals surface area (Å²) in [5.74, 6) is 0. The largest absolute Gasteiger partial charge is 0.370 e. The molecule has 2 heteroatoms. The third-order valence-corrected chi connectivity index (χ3v) is 1.03. The second-order valence-electron chi connectivity index (χ2n) is 1.86. The molecule has 2 N–H and O–H groups in total. The van der Waals surface area contributed by atoms with Crippen LogP contribution in [0.3, 0.4) is 0 Å². The number of rotatable bonds is 0. The Kier molecular flexibility index (Phi) is 4.67. The van der Waals surface area contributed by atoms with E-state index in [1.54, 1.807) is 12.3 Å². The monoisotopic (exact) mass is 141 g/mol. The van der Waals surface area contributed by atoms with Crippen LogP contribution in [0, 0.1) is 0 Å². The Hall–Kier alpha value is -0.760. The summed E-state index contributed by atoms with van der Waals surface area (Å²) in [6, 6.07) is 0. The van der Waals surface area contributed by atoms with Crippen molar-refractivity contribution in [3.8, 4) is 0 Å². The van der Waals surface area contributed by atoms with Gasteiger partial charge in [0.25, 0.3) is 0 Å². The fraction of sp³-hybridized carbons (Fsp3) is 0.500. The molecule has 2 nitrogen and oxygen atoms in total. The van der Waals surface area contributed by atoms with Crippen LogP contribution < -0.4 is 5.32 Å². The first-order valence-corrected chi connectivity index (χ1v) is 3.58. The Labute approximate surface area is 62.3 Å². The molecule has 1 unspecified atom stereocenters. The van der Waals surface area contributed by atoms with Crippen molar-refractivity contribution in [3.05, 3.63) is 23.9 Å². The van der Waals surface area contributed by atoms with E-state index >= 15 is 0 Å². The maximum atomic E-state index is 8.84. The van der Waals surface area contributed by atoms with Crippen LogP contribution in [0.25, 0.3) is 0 Å². The van der Waals surface area contributed by atoms with E-state index in [0.717, 1.165) is 5.57 Å². The summed E-state index contributed by atoms with van der Waals surface area (Å²) in [7, 11) is 0. The number of aliphatic hydroxyl groups excluding tert-OH is 1. The summed E-state index contributed by atoms with van der Waals surface area (Å²) in [6.45, 7) is 5.94. The zero-order valence-electron chi connectivity index (χ0n) is 6.76. The van der Waals surface area contributed by atoms with Gasteiger partial charge in [-0.15, -0.1) is 0 Å². The van der Waals surface area contributed by atoms with E-state index in [1.165, 1.54) is 0 Å². The third-order valence-electron chi connectivity index (χ3n) is 1.03. The highest BCUT2D eigenvalue weighted by Gasteiger charge is 1.97. The van der Waals surface area contributed by atoms with Gasteiger partial charge < -0.3 is 10.4 Å². The van der Waals surface area contributed by atoms with Gasteiger partial charge in [0.05, 0.1) is 0 Å². The van der Waals surface area contributed by atoms with Crippen LogP contribution in [-0.2, 0) is 0 Å². The highest BCUT2D eigenvalue weighted by atomic mass is 16.3. The van der Waals surface area contributed by atoms with Gasteiger partial charge in [-0.25, -0.2) is 0 Å². The summed E-state index contributed by atoms with van der Waals surface area (Å²) in [5.41, 5.74) is 1.09. The lowest BCUT2D eigenvalue weighted by Crippen LogP contribution is -2.23. The molecule has 0 bridgehead atoms. The number of dihydropyridines is 1. The first-order valence-electron chi connectivity index (χ1n) is 3.58. The van der Waals surface area contributed by atoms with E-state index in [0.29, 0.717) is 0 Å². The van der Waals surface area contributed by atoms with Crippen molar-refractivity contribution < 1.29 is 5.11 Å². The molecule has 1 rings (SSSR count). The summed E-state index contributed by atoms with van der Waals surface area (Å²) in [4.78, 5) is 0. The number of allylic oxidation sites excluding steroid dienone is 2. The molecule has 1 heterocycles. The molecule has 1 aliphatic rings. The SMILES string of the molecule is CC.CC1=CC(O)NC=C1. The molecular weight excluding hydrogens is 126 g/mol. The highest BCUT2D eigenvalue weighted by Crippen LogP contribution is 1.99. The average Bonchev–Trinajstić information content (AvgIpc) is 1.91. The van der Waals surface area contributed by atoms with Crippen molar-refractivity contribution in [2.75, 3.05) is 0 Å². The molecular formula is C8H15NO. The maximum Gasteiger partial charge on any atom is 0.143 e. The van der Waals surface area contributed by atoms with Gasteiger partial charge in [-0.05, 0) is 30.8 Å². The van der Waals surface area contributed by atoms with Gasteiger partial charge >= 0.3 is 0 Å². The minimum atomic E-state index is -0.486. The Balaban J connectivity index is 0.000000371. The number of hydrogen-bond donors (Lipinski definition) is 2. The van der Waals surface area contributed by atoms with Crippen molar-refractivity contribution in [2.45, 2.75) is 27.0 Å². The lowest BCUT2D eigenvalue weighted by molar-refractivity contribution is 0.200. The minimum absolute atomic E-state index is 0.486. The van der Waals surface area contributed by atoms with E-state index in [9.17, 15) is 0 Å². The van der Waals surface area contributed by atoms with Gasteiger partial charge in [-0.1, -0.05) is 13.8 Å². The molecule has 0 aliphatic carbocycles. The minimum Gasteiger partial charge on any atom is -0.370 e. The van der Waals surface area contributed by atoms with E-state index in [2.05, 4.69) is 5.32 Å². The van der Waals surface area contributed by atoms with Crippen LogP contribution in [0.4, 0.5) is 0 Å². The van der Waals surface area contributed by atoms with Gasteiger partial charge in [0, 0.05) is 0 Å². The van der Waals surface area contributed by atoms with Crippen LogP contribution in [0.1, 0.15) is 20.8 Å².